The predicted molar refractivity (Wildman–Crippen MR) is 112 cm³/mol. The zero-order chi connectivity index (χ0) is 19.1. The fraction of sp³-hybridized carbons (Fsp3) is 0.273. The van der Waals surface area contributed by atoms with Crippen LogP contribution in [-0.4, -0.2) is 15.5 Å². The Labute approximate surface area is 161 Å². The van der Waals surface area contributed by atoms with Crippen molar-refractivity contribution in [2.45, 2.75) is 39.8 Å². The smallest absolute Gasteiger partial charge is 0.193 e. The second-order valence-corrected chi connectivity index (χ2v) is 6.54. The van der Waals surface area contributed by atoms with Crippen LogP contribution in [0.2, 0.25) is 0 Å². The van der Waals surface area contributed by atoms with E-state index < -0.39 is 0 Å². The Kier molecular flexibility index (Phi) is 6.26. The third-order valence-corrected chi connectivity index (χ3v) is 4.63. The van der Waals surface area contributed by atoms with Crippen LogP contribution in [0.3, 0.4) is 0 Å². The number of anilines is 1. The molecule has 0 aliphatic rings. The third-order valence-electron chi connectivity index (χ3n) is 4.63. The standard InChI is InChI=1S/C22H27N5/c1-3-19-6-5-7-20(4-2)21(19)26-22(23)25-14-17-8-10-18(11-9-17)15-27-13-12-24-16-27/h5-13,16H,3-4,14-15H2,1-2H3,(H3,23,25,26). The number of aromatic nitrogens is 2. The number of hydrogen-bond acceptors (Lipinski definition) is 2. The second-order valence-electron chi connectivity index (χ2n) is 6.54. The van der Waals surface area contributed by atoms with Gasteiger partial charge in [-0.1, -0.05) is 56.3 Å². The molecule has 0 spiro atoms. The Bertz CT molecular complexity index is 857. The quantitative estimate of drug-likeness (QED) is 0.494. The lowest BCUT2D eigenvalue weighted by Gasteiger charge is -2.14. The van der Waals surface area contributed by atoms with Crippen LogP contribution in [0.4, 0.5) is 5.69 Å². The average Bonchev–Trinajstić information content (AvgIpc) is 3.20. The number of rotatable bonds is 7. The van der Waals surface area contributed by atoms with E-state index in [1.165, 1.54) is 16.7 Å². The van der Waals surface area contributed by atoms with Crippen molar-refractivity contribution in [2.75, 3.05) is 5.32 Å². The van der Waals surface area contributed by atoms with Gasteiger partial charge in [0.05, 0.1) is 12.9 Å². The van der Waals surface area contributed by atoms with Gasteiger partial charge in [-0.15, -0.1) is 0 Å². The molecule has 0 aliphatic carbocycles. The number of hydrogen-bond donors (Lipinski definition) is 2. The molecular weight excluding hydrogens is 334 g/mol. The molecule has 5 nitrogen and oxygen atoms in total. The Morgan fingerprint density at radius 3 is 2.30 bits per heavy atom. The Hall–Kier alpha value is -3.08. The van der Waals surface area contributed by atoms with Crippen molar-refractivity contribution in [3.8, 4) is 0 Å². The van der Waals surface area contributed by atoms with Crippen molar-refractivity contribution in [1.29, 1.82) is 0 Å². The van der Waals surface area contributed by atoms with Crippen LogP contribution in [0.25, 0.3) is 0 Å². The summed E-state index contributed by atoms with van der Waals surface area (Å²) >= 11 is 0. The first kappa shape index (κ1) is 18.7. The fourth-order valence-corrected chi connectivity index (χ4v) is 3.09. The van der Waals surface area contributed by atoms with E-state index in [2.05, 4.69) is 71.6 Å². The zero-order valence-corrected chi connectivity index (χ0v) is 16.0. The van der Waals surface area contributed by atoms with Crippen LogP contribution in [0, 0.1) is 0 Å². The van der Waals surface area contributed by atoms with E-state index in [0.717, 1.165) is 30.6 Å². The van der Waals surface area contributed by atoms with E-state index >= 15 is 0 Å². The first-order valence-corrected chi connectivity index (χ1v) is 9.40. The van der Waals surface area contributed by atoms with E-state index in [9.17, 15) is 0 Å². The normalized spacial score (nSPS) is 11.6. The van der Waals surface area contributed by atoms with Crippen LogP contribution in [0.5, 0.6) is 0 Å². The summed E-state index contributed by atoms with van der Waals surface area (Å²) in [6, 6.07) is 14.8. The summed E-state index contributed by atoms with van der Waals surface area (Å²) in [6.07, 6.45) is 7.50. The highest BCUT2D eigenvalue weighted by atomic mass is 15.1. The van der Waals surface area contributed by atoms with Gasteiger partial charge in [-0.05, 0) is 35.1 Å². The number of aryl methyl sites for hydroxylation is 2. The molecule has 2 aromatic carbocycles. The van der Waals surface area contributed by atoms with Crippen molar-refractivity contribution in [3.05, 3.63) is 83.4 Å². The lowest BCUT2D eigenvalue weighted by atomic mass is 10.0. The molecule has 1 aromatic heterocycles. The lowest BCUT2D eigenvalue weighted by molar-refractivity contribution is 0.796. The number of imidazole rings is 1. The van der Waals surface area contributed by atoms with Crippen molar-refractivity contribution < 1.29 is 0 Å². The minimum absolute atomic E-state index is 0.452. The second kappa shape index (κ2) is 9.03. The monoisotopic (exact) mass is 361 g/mol. The van der Waals surface area contributed by atoms with Gasteiger partial charge < -0.3 is 15.6 Å². The van der Waals surface area contributed by atoms with E-state index in [0.29, 0.717) is 12.5 Å². The van der Waals surface area contributed by atoms with Gasteiger partial charge in [0.25, 0.3) is 0 Å². The lowest BCUT2D eigenvalue weighted by Crippen LogP contribution is -2.24. The summed E-state index contributed by atoms with van der Waals surface area (Å²) in [6.45, 7) is 5.68. The zero-order valence-electron chi connectivity index (χ0n) is 16.0. The minimum atomic E-state index is 0.452. The third kappa shape index (κ3) is 4.97. The number of benzene rings is 2. The molecule has 0 fully saturated rings. The van der Waals surface area contributed by atoms with Crippen LogP contribution < -0.4 is 11.1 Å². The molecule has 0 atom stereocenters. The number of para-hydroxylation sites is 1. The predicted octanol–water partition coefficient (Wildman–Crippen LogP) is 3.98. The number of aliphatic imine (C=N–C) groups is 1. The van der Waals surface area contributed by atoms with E-state index in [1.807, 2.05) is 17.1 Å². The van der Waals surface area contributed by atoms with E-state index in [1.54, 1.807) is 6.20 Å². The Morgan fingerprint density at radius 1 is 1.04 bits per heavy atom. The van der Waals surface area contributed by atoms with Crippen LogP contribution in [0.1, 0.15) is 36.1 Å². The Morgan fingerprint density at radius 2 is 1.70 bits per heavy atom. The van der Waals surface area contributed by atoms with Crippen LogP contribution >= 0.6 is 0 Å². The van der Waals surface area contributed by atoms with Gasteiger partial charge in [0.2, 0.25) is 0 Å². The van der Waals surface area contributed by atoms with Crippen LogP contribution in [-0.2, 0) is 25.9 Å². The molecule has 5 heteroatoms. The minimum Gasteiger partial charge on any atom is -0.370 e. The van der Waals surface area contributed by atoms with Gasteiger partial charge in [0.15, 0.2) is 5.96 Å². The summed E-state index contributed by atoms with van der Waals surface area (Å²) < 4.78 is 2.05. The average molecular weight is 361 g/mol. The van der Waals surface area contributed by atoms with Gasteiger partial charge in [-0.25, -0.2) is 9.98 Å². The topological polar surface area (TPSA) is 68.2 Å². The molecule has 0 bridgehead atoms. The molecule has 1 heterocycles. The van der Waals surface area contributed by atoms with Crippen molar-refractivity contribution in [2.24, 2.45) is 10.7 Å². The number of guanidine groups is 1. The number of nitrogens with zero attached hydrogens (tertiary/aromatic N) is 3. The molecule has 3 N–H and O–H groups in total. The van der Waals surface area contributed by atoms with Gasteiger partial charge in [-0.3, -0.25) is 0 Å². The SMILES string of the molecule is CCc1cccc(CC)c1NC(N)=NCc1ccc(Cn2ccnc2)cc1. The Balaban J connectivity index is 1.64. The number of nitrogens with one attached hydrogen (secondary N) is 1. The summed E-state index contributed by atoms with van der Waals surface area (Å²) in [7, 11) is 0. The van der Waals surface area contributed by atoms with Gasteiger partial charge in [0, 0.05) is 24.6 Å². The molecule has 3 aromatic rings. The van der Waals surface area contributed by atoms with Gasteiger partial charge >= 0.3 is 0 Å². The van der Waals surface area contributed by atoms with Crippen molar-refractivity contribution >= 4 is 11.6 Å². The fourth-order valence-electron chi connectivity index (χ4n) is 3.09. The highest BCUT2D eigenvalue weighted by Gasteiger charge is 2.07. The summed E-state index contributed by atoms with van der Waals surface area (Å²) in [5.74, 6) is 0.452. The molecule has 0 aliphatic heterocycles. The maximum Gasteiger partial charge on any atom is 0.193 e. The summed E-state index contributed by atoms with van der Waals surface area (Å²) in [5, 5.41) is 3.31. The molecule has 0 amide bonds. The first-order chi connectivity index (χ1) is 13.2. The molecular formula is C22H27N5. The first-order valence-electron chi connectivity index (χ1n) is 9.40. The summed E-state index contributed by atoms with van der Waals surface area (Å²) in [5.41, 5.74) is 12.1. The van der Waals surface area contributed by atoms with Crippen LogP contribution in [0.15, 0.2) is 66.2 Å². The molecule has 0 radical (unpaired) electrons. The molecule has 0 saturated carbocycles. The van der Waals surface area contributed by atoms with Gasteiger partial charge in [-0.2, -0.15) is 0 Å². The molecule has 140 valence electrons. The molecule has 0 unspecified atom stereocenters. The molecule has 0 saturated heterocycles. The molecule has 3 rings (SSSR count). The van der Waals surface area contributed by atoms with Crippen molar-refractivity contribution in [1.82, 2.24) is 9.55 Å². The van der Waals surface area contributed by atoms with E-state index in [-0.39, 0.29) is 0 Å². The largest absolute Gasteiger partial charge is 0.370 e. The highest BCUT2D eigenvalue weighted by molar-refractivity contribution is 5.93. The maximum absolute atomic E-state index is 6.15. The summed E-state index contributed by atoms with van der Waals surface area (Å²) in [4.78, 5) is 8.58. The molecule has 27 heavy (non-hydrogen) atoms. The maximum atomic E-state index is 6.15. The highest BCUT2D eigenvalue weighted by Crippen LogP contribution is 2.22. The van der Waals surface area contributed by atoms with Crippen molar-refractivity contribution in [3.63, 3.8) is 0 Å². The number of nitrogens with two attached hydrogens (primary N) is 1. The van der Waals surface area contributed by atoms with Gasteiger partial charge in [0.1, 0.15) is 0 Å². The van der Waals surface area contributed by atoms with E-state index in [4.69, 9.17) is 5.73 Å².